The third-order valence-electron chi connectivity index (χ3n) is 4.58. The minimum atomic E-state index is -3.61. The highest BCUT2D eigenvalue weighted by molar-refractivity contribution is 7.89. The van der Waals surface area contributed by atoms with E-state index in [1.807, 2.05) is 0 Å². The van der Waals surface area contributed by atoms with Crippen molar-refractivity contribution in [1.82, 2.24) is 9.21 Å². The van der Waals surface area contributed by atoms with Crippen LogP contribution in [0.5, 0.6) is 0 Å². The van der Waals surface area contributed by atoms with Crippen molar-refractivity contribution in [3.63, 3.8) is 0 Å². The molecule has 0 spiro atoms. The fourth-order valence-electron chi connectivity index (χ4n) is 2.92. The first-order valence-electron chi connectivity index (χ1n) is 8.40. The van der Waals surface area contributed by atoms with Gasteiger partial charge in [0.25, 0.3) is 5.91 Å². The molecule has 134 valence electrons. The molecule has 0 radical (unpaired) electrons. The maximum atomic E-state index is 12.7. The smallest absolute Gasteiger partial charge is 0.255 e. The second-order valence-electron chi connectivity index (χ2n) is 6.21. The van der Waals surface area contributed by atoms with E-state index < -0.39 is 10.0 Å². The zero-order chi connectivity index (χ0) is 17.9. The summed E-state index contributed by atoms with van der Waals surface area (Å²) in [6.45, 7) is 7.89. The molecule has 1 aromatic carbocycles. The number of halogens is 1. The van der Waals surface area contributed by atoms with E-state index in [1.165, 1.54) is 22.5 Å². The van der Waals surface area contributed by atoms with Crippen molar-refractivity contribution in [3.8, 4) is 0 Å². The number of carbonyl (C=O) groups is 1. The molecule has 24 heavy (non-hydrogen) atoms. The first-order chi connectivity index (χ1) is 11.3. The van der Waals surface area contributed by atoms with Gasteiger partial charge in [0.2, 0.25) is 10.0 Å². The number of piperidine rings is 1. The molecule has 0 unspecified atom stereocenters. The lowest BCUT2D eigenvalue weighted by Crippen LogP contribution is -2.38. The Labute approximate surface area is 149 Å². The monoisotopic (exact) mass is 372 g/mol. The molecule has 0 atom stereocenters. The first-order valence-corrected chi connectivity index (χ1v) is 10.2. The zero-order valence-electron chi connectivity index (χ0n) is 14.5. The third kappa shape index (κ3) is 3.92. The molecule has 0 bridgehead atoms. The average Bonchev–Trinajstić information content (AvgIpc) is 2.56. The van der Waals surface area contributed by atoms with E-state index in [1.54, 1.807) is 18.7 Å². The Morgan fingerprint density at radius 1 is 1.25 bits per heavy atom. The number of hydrogen-bond donors (Lipinski definition) is 0. The van der Waals surface area contributed by atoms with Crippen molar-refractivity contribution in [2.24, 2.45) is 5.92 Å². The fourth-order valence-corrected chi connectivity index (χ4v) is 4.61. The largest absolute Gasteiger partial charge is 0.339 e. The van der Waals surface area contributed by atoms with Gasteiger partial charge in [0.1, 0.15) is 0 Å². The molecular formula is C17H25ClN2O3S. The van der Waals surface area contributed by atoms with Crippen LogP contribution in [0.2, 0.25) is 5.02 Å². The number of benzene rings is 1. The second kappa shape index (κ2) is 7.85. The maximum absolute atomic E-state index is 12.7. The van der Waals surface area contributed by atoms with E-state index >= 15 is 0 Å². The molecule has 0 saturated carbocycles. The summed E-state index contributed by atoms with van der Waals surface area (Å²) in [5.74, 6) is 0.419. The summed E-state index contributed by atoms with van der Waals surface area (Å²) in [4.78, 5) is 14.6. The van der Waals surface area contributed by atoms with Crippen LogP contribution < -0.4 is 0 Å². The van der Waals surface area contributed by atoms with Crippen LogP contribution in [0.15, 0.2) is 23.1 Å². The predicted octanol–water partition coefficient (Wildman–Crippen LogP) is 3.24. The number of sulfonamides is 1. The number of amides is 1. The second-order valence-corrected chi connectivity index (χ2v) is 8.55. The number of rotatable bonds is 5. The highest BCUT2D eigenvalue weighted by Gasteiger charge is 2.27. The van der Waals surface area contributed by atoms with Crippen molar-refractivity contribution in [1.29, 1.82) is 0 Å². The minimum absolute atomic E-state index is 0.115. The van der Waals surface area contributed by atoms with Gasteiger partial charge in [-0.2, -0.15) is 4.31 Å². The van der Waals surface area contributed by atoms with Crippen molar-refractivity contribution in [2.45, 2.75) is 38.5 Å². The van der Waals surface area contributed by atoms with Crippen molar-refractivity contribution in [3.05, 3.63) is 28.8 Å². The molecule has 1 aromatic rings. The van der Waals surface area contributed by atoms with Crippen LogP contribution in [0.25, 0.3) is 0 Å². The molecule has 5 nitrogen and oxygen atoms in total. The first kappa shape index (κ1) is 19.2. The molecular weight excluding hydrogens is 348 g/mol. The highest BCUT2D eigenvalue weighted by Crippen LogP contribution is 2.26. The zero-order valence-corrected chi connectivity index (χ0v) is 16.0. The van der Waals surface area contributed by atoms with Gasteiger partial charge in [-0.3, -0.25) is 4.79 Å². The van der Waals surface area contributed by atoms with Gasteiger partial charge in [-0.15, -0.1) is 0 Å². The van der Waals surface area contributed by atoms with Crippen LogP contribution in [0, 0.1) is 5.92 Å². The summed E-state index contributed by atoms with van der Waals surface area (Å²) in [6.07, 6.45) is 1.92. The van der Waals surface area contributed by atoms with Gasteiger partial charge in [0.05, 0.1) is 15.5 Å². The standard InChI is InChI=1S/C17H25ClN2O3S/c1-4-20(5-2)24(22,23)14-6-7-16(18)15(12-14)17(21)19-10-8-13(3)9-11-19/h6-7,12-13H,4-5,8-11H2,1-3H3. The molecule has 1 fully saturated rings. The number of carbonyl (C=O) groups excluding carboxylic acids is 1. The van der Waals surface area contributed by atoms with Gasteiger partial charge >= 0.3 is 0 Å². The van der Waals surface area contributed by atoms with Gasteiger partial charge in [-0.1, -0.05) is 32.4 Å². The molecule has 1 aliphatic rings. The Morgan fingerprint density at radius 2 is 1.83 bits per heavy atom. The molecule has 0 aromatic heterocycles. The van der Waals surface area contributed by atoms with Crippen LogP contribution >= 0.6 is 11.6 Å². The van der Waals surface area contributed by atoms with Crippen molar-refractivity contribution >= 4 is 27.5 Å². The molecule has 1 amide bonds. The Morgan fingerprint density at radius 3 is 2.38 bits per heavy atom. The van der Waals surface area contributed by atoms with E-state index in [-0.39, 0.29) is 21.4 Å². The lowest BCUT2D eigenvalue weighted by molar-refractivity contribution is 0.0697. The van der Waals surface area contributed by atoms with E-state index in [0.29, 0.717) is 32.1 Å². The van der Waals surface area contributed by atoms with Crippen LogP contribution in [0.3, 0.4) is 0 Å². The van der Waals surface area contributed by atoms with E-state index in [9.17, 15) is 13.2 Å². The summed E-state index contributed by atoms with van der Waals surface area (Å²) in [6, 6.07) is 4.37. The SMILES string of the molecule is CCN(CC)S(=O)(=O)c1ccc(Cl)c(C(=O)N2CCC(C)CC2)c1. The average molecular weight is 373 g/mol. The quantitative estimate of drug-likeness (QED) is 0.797. The summed E-state index contributed by atoms with van der Waals surface area (Å²) < 4.78 is 26.7. The van der Waals surface area contributed by atoms with Crippen molar-refractivity contribution < 1.29 is 13.2 Å². The Kier molecular flexibility index (Phi) is 6.28. The van der Waals surface area contributed by atoms with E-state index in [4.69, 9.17) is 11.6 Å². The lowest BCUT2D eigenvalue weighted by Gasteiger charge is -2.30. The van der Waals surface area contributed by atoms with Crippen LogP contribution in [0.1, 0.15) is 44.0 Å². The third-order valence-corrected chi connectivity index (χ3v) is 6.96. The van der Waals surface area contributed by atoms with E-state index in [0.717, 1.165) is 12.8 Å². The molecule has 1 saturated heterocycles. The van der Waals surface area contributed by atoms with Crippen molar-refractivity contribution in [2.75, 3.05) is 26.2 Å². The van der Waals surface area contributed by atoms with Crippen LogP contribution in [-0.2, 0) is 10.0 Å². The Balaban J connectivity index is 2.34. The van der Waals surface area contributed by atoms with Gasteiger partial charge in [0, 0.05) is 26.2 Å². The molecule has 2 rings (SSSR count). The van der Waals surface area contributed by atoms with Crippen LogP contribution in [-0.4, -0.2) is 49.7 Å². The van der Waals surface area contributed by atoms with Gasteiger partial charge < -0.3 is 4.90 Å². The number of likely N-dealkylation sites (tertiary alicyclic amines) is 1. The summed E-state index contributed by atoms with van der Waals surface area (Å²) in [5.41, 5.74) is 0.263. The Bertz CT molecular complexity index is 694. The molecule has 1 aliphatic heterocycles. The predicted molar refractivity (Wildman–Crippen MR) is 95.9 cm³/mol. The topological polar surface area (TPSA) is 57.7 Å². The number of nitrogens with zero attached hydrogens (tertiary/aromatic N) is 2. The normalized spacial score (nSPS) is 16.6. The van der Waals surface area contributed by atoms with E-state index in [2.05, 4.69) is 6.92 Å². The lowest BCUT2D eigenvalue weighted by atomic mass is 9.98. The number of hydrogen-bond acceptors (Lipinski definition) is 3. The summed E-state index contributed by atoms with van der Waals surface area (Å²) in [7, 11) is -3.61. The summed E-state index contributed by atoms with van der Waals surface area (Å²) in [5, 5.41) is 0.289. The van der Waals surface area contributed by atoms with Crippen LogP contribution in [0.4, 0.5) is 0 Å². The Hall–Kier alpha value is -1.11. The minimum Gasteiger partial charge on any atom is -0.339 e. The van der Waals surface area contributed by atoms with Gasteiger partial charge in [0.15, 0.2) is 0 Å². The summed E-state index contributed by atoms with van der Waals surface area (Å²) >= 11 is 6.18. The van der Waals surface area contributed by atoms with Gasteiger partial charge in [-0.05, 0) is 37.0 Å². The molecule has 7 heteroatoms. The molecule has 1 heterocycles. The highest BCUT2D eigenvalue weighted by atomic mass is 35.5. The maximum Gasteiger partial charge on any atom is 0.255 e. The molecule has 0 aliphatic carbocycles. The molecule has 0 N–H and O–H groups in total. The van der Waals surface area contributed by atoms with Gasteiger partial charge in [-0.25, -0.2) is 8.42 Å². The fraction of sp³-hybridized carbons (Fsp3) is 0.588.